The predicted molar refractivity (Wildman–Crippen MR) is 63.5 cm³/mol. The highest BCUT2D eigenvalue weighted by Crippen LogP contribution is 2.24. The van der Waals surface area contributed by atoms with E-state index in [-0.39, 0.29) is 5.56 Å². The summed E-state index contributed by atoms with van der Waals surface area (Å²) in [5.74, 6) is -2.29. The van der Waals surface area contributed by atoms with E-state index in [0.717, 1.165) is 6.07 Å². The fraction of sp³-hybridized carbons (Fsp3) is 0.0714. The molecule has 0 radical (unpaired) electrons. The number of aryl methyl sites for hydroxylation is 1. The molecule has 2 rings (SSSR count). The first-order valence-electron chi connectivity index (χ1n) is 5.28. The standard InChI is InChI=1S/C14H10F2O2/c1-8-2-3-9(7-13(8)16)10-4-11(14(17)18)6-12(15)5-10/h2-7H,1H3,(H,17,18). The summed E-state index contributed by atoms with van der Waals surface area (Å²) in [6.07, 6.45) is 0. The van der Waals surface area contributed by atoms with E-state index in [9.17, 15) is 13.6 Å². The first-order valence-corrected chi connectivity index (χ1v) is 5.28. The number of hydrogen-bond acceptors (Lipinski definition) is 1. The van der Waals surface area contributed by atoms with Crippen LogP contribution in [0.25, 0.3) is 11.1 Å². The summed E-state index contributed by atoms with van der Waals surface area (Å²) in [7, 11) is 0. The van der Waals surface area contributed by atoms with E-state index in [4.69, 9.17) is 5.11 Å². The van der Waals surface area contributed by atoms with Crippen LogP contribution in [0.5, 0.6) is 0 Å². The van der Waals surface area contributed by atoms with Gasteiger partial charge in [-0.25, -0.2) is 13.6 Å². The van der Waals surface area contributed by atoms with Crippen LogP contribution in [0.15, 0.2) is 36.4 Å². The van der Waals surface area contributed by atoms with Crippen molar-refractivity contribution in [3.63, 3.8) is 0 Å². The van der Waals surface area contributed by atoms with Gasteiger partial charge in [-0.15, -0.1) is 0 Å². The Balaban J connectivity index is 2.56. The van der Waals surface area contributed by atoms with Crippen molar-refractivity contribution in [3.8, 4) is 11.1 Å². The maximum absolute atomic E-state index is 13.4. The fourth-order valence-electron chi connectivity index (χ4n) is 1.65. The molecule has 0 spiro atoms. The lowest BCUT2D eigenvalue weighted by Gasteiger charge is -2.05. The third-order valence-corrected chi connectivity index (χ3v) is 2.65. The largest absolute Gasteiger partial charge is 0.478 e. The smallest absolute Gasteiger partial charge is 0.335 e. The lowest BCUT2D eigenvalue weighted by Crippen LogP contribution is -1.97. The van der Waals surface area contributed by atoms with E-state index >= 15 is 0 Å². The van der Waals surface area contributed by atoms with Gasteiger partial charge in [0.1, 0.15) is 11.6 Å². The quantitative estimate of drug-likeness (QED) is 0.880. The van der Waals surface area contributed by atoms with E-state index in [1.807, 2.05) is 0 Å². The van der Waals surface area contributed by atoms with Gasteiger partial charge in [-0.05, 0) is 47.9 Å². The number of benzene rings is 2. The predicted octanol–water partition coefficient (Wildman–Crippen LogP) is 3.64. The molecule has 0 bridgehead atoms. The van der Waals surface area contributed by atoms with E-state index in [1.54, 1.807) is 19.1 Å². The Bertz CT molecular complexity index is 621. The van der Waals surface area contributed by atoms with E-state index < -0.39 is 17.6 Å². The highest BCUT2D eigenvalue weighted by atomic mass is 19.1. The minimum atomic E-state index is -1.22. The summed E-state index contributed by atoms with van der Waals surface area (Å²) in [4.78, 5) is 10.8. The van der Waals surface area contributed by atoms with Gasteiger partial charge in [0.25, 0.3) is 0 Å². The zero-order valence-corrected chi connectivity index (χ0v) is 9.58. The van der Waals surface area contributed by atoms with Crippen LogP contribution in [-0.2, 0) is 0 Å². The van der Waals surface area contributed by atoms with Crippen molar-refractivity contribution in [2.24, 2.45) is 0 Å². The number of hydrogen-bond donors (Lipinski definition) is 1. The number of carboxylic acids is 1. The monoisotopic (exact) mass is 248 g/mol. The lowest BCUT2D eigenvalue weighted by atomic mass is 10.0. The van der Waals surface area contributed by atoms with Crippen LogP contribution in [0.2, 0.25) is 0 Å². The summed E-state index contributed by atoms with van der Waals surface area (Å²) in [6, 6.07) is 7.87. The second-order valence-electron chi connectivity index (χ2n) is 4.00. The second-order valence-corrected chi connectivity index (χ2v) is 4.00. The molecule has 0 aromatic heterocycles. The molecule has 0 saturated heterocycles. The molecule has 18 heavy (non-hydrogen) atoms. The Hall–Kier alpha value is -2.23. The Labute approximate surface area is 103 Å². The van der Waals surface area contributed by atoms with Gasteiger partial charge in [-0.3, -0.25) is 0 Å². The molecule has 0 heterocycles. The molecule has 4 heteroatoms. The SMILES string of the molecule is Cc1ccc(-c2cc(F)cc(C(=O)O)c2)cc1F. The van der Waals surface area contributed by atoms with Gasteiger partial charge < -0.3 is 5.11 Å². The molecular formula is C14H10F2O2. The summed E-state index contributed by atoms with van der Waals surface area (Å²) >= 11 is 0. The molecule has 1 N–H and O–H groups in total. The van der Waals surface area contributed by atoms with Crippen molar-refractivity contribution in [1.82, 2.24) is 0 Å². The molecule has 2 nitrogen and oxygen atoms in total. The normalized spacial score (nSPS) is 10.4. The summed E-state index contributed by atoms with van der Waals surface area (Å²) in [5.41, 5.74) is 1.10. The summed E-state index contributed by atoms with van der Waals surface area (Å²) in [5, 5.41) is 8.84. The Kier molecular flexibility index (Phi) is 3.10. The zero-order chi connectivity index (χ0) is 13.3. The highest BCUT2D eigenvalue weighted by molar-refractivity contribution is 5.89. The summed E-state index contributed by atoms with van der Waals surface area (Å²) < 4.78 is 26.7. The maximum Gasteiger partial charge on any atom is 0.335 e. The number of carbonyl (C=O) groups is 1. The average Bonchev–Trinajstić information content (AvgIpc) is 2.31. The van der Waals surface area contributed by atoms with E-state index in [0.29, 0.717) is 16.7 Å². The van der Waals surface area contributed by atoms with Crippen LogP contribution in [-0.4, -0.2) is 11.1 Å². The van der Waals surface area contributed by atoms with Crippen LogP contribution in [0, 0.1) is 18.6 Å². The van der Waals surface area contributed by atoms with Gasteiger partial charge in [0.15, 0.2) is 0 Å². The molecule has 0 unspecified atom stereocenters. The van der Waals surface area contributed by atoms with Crippen molar-refractivity contribution in [3.05, 3.63) is 59.2 Å². The first-order chi connectivity index (χ1) is 8.47. The minimum absolute atomic E-state index is 0.161. The van der Waals surface area contributed by atoms with Crippen LogP contribution in [0.3, 0.4) is 0 Å². The molecule has 0 aliphatic heterocycles. The second kappa shape index (κ2) is 4.56. The molecule has 92 valence electrons. The molecule has 0 amide bonds. The van der Waals surface area contributed by atoms with Gasteiger partial charge in [0.2, 0.25) is 0 Å². The number of halogens is 2. The molecule has 0 fully saturated rings. The van der Waals surface area contributed by atoms with Gasteiger partial charge in [-0.1, -0.05) is 12.1 Å². The lowest BCUT2D eigenvalue weighted by molar-refractivity contribution is 0.0696. The first kappa shape index (κ1) is 12.2. The Morgan fingerprint density at radius 1 is 1.06 bits per heavy atom. The topological polar surface area (TPSA) is 37.3 Å². The van der Waals surface area contributed by atoms with Crippen molar-refractivity contribution >= 4 is 5.97 Å². The molecular weight excluding hydrogens is 238 g/mol. The fourth-order valence-corrected chi connectivity index (χ4v) is 1.65. The average molecular weight is 248 g/mol. The molecule has 0 aliphatic rings. The molecule has 0 atom stereocenters. The van der Waals surface area contributed by atoms with E-state index in [2.05, 4.69) is 0 Å². The van der Waals surface area contributed by atoms with Gasteiger partial charge in [0.05, 0.1) is 5.56 Å². The summed E-state index contributed by atoms with van der Waals surface area (Å²) in [6.45, 7) is 1.62. The number of carboxylic acid groups (broad SMARTS) is 1. The Morgan fingerprint density at radius 2 is 1.78 bits per heavy atom. The van der Waals surface area contributed by atoms with Crippen molar-refractivity contribution in [1.29, 1.82) is 0 Å². The van der Waals surface area contributed by atoms with Crippen LogP contribution in [0.4, 0.5) is 8.78 Å². The van der Waals surface area contributed by atoms with Gasteiger partial charge in [0, 0.05) is 0 Å². The minimum Gasteiger partial charge on any atom is -0.478 e. The zero-order valence-electron chi connectivity index (χ0n) is 9.58. The van der Waals surface area contributed by atoms with Crippen LogP contribution < -0.4 is 0 Å². The maximum atomic E-state index is 13.4. The van der Waals surface area contributed by atoms with Crippen LogP contribution in [0.1, 0.15) is 15.9 Å². The molecule has 2 aromatic rings. The van der Waals surface area contributed by atoms with Crippen molar-refractivity contribution in [2.45, 2.75) is 6.92 Å². The van der Waals surface area contributed by atoms with Gasteiger partial charge in [-0.2, -0.15) is 0 Å². The molecule has 2 aromatic carbocycles. The third-order valence-electron chi connectivity index (χ3n) is 2.65. The van der Waals surface area contributed by atoms with Crippen molar-refractivity contribution in [2.75, 3.05) is 0 Å². The van der Waals surface area contributed by atoms with Crippen LogP contribution >= 0.6 is 0 Å². The Morgan fingerprint density at radius 3 is 2.39 bits per heavy atom. The number of rotatable bonds is 2. The van der Waals surface area contributed by atoms with E-state index in [1.165, 1.54) is 18.2 Å². The molecule has 0 saturated carbocycles. The highest BCUT2D eigenvalue weighted by Gasteiger charge is 2.09. The molecule has 0 aliphatic carbocycles. The van der Waals surface area contributed by atoms with Crippen molar-refractivity contribution < 1.29 is 18.7 Å². The third kappa shape index (κ3) is 2.37. The van der Waals surface area contributed by atoms with Gasteiger partial charge >= 0.3 is 5.97 Å². The number of aromatic carboxylic acids is 1.